The molecule has 0 aromatic heterocycles. The number of benzene rings is 2. The number of hydrogen-bond donors (Lipinski definition) is 1. The van der Waals surface area contributed by atoms with Crippen LogP contribution in [-0.2, 0) is 26.0 Å². The molecule has 0 aliphatic rings. The van der Waals surface area contributed by atoms with Crippen LogP contribution in [0.4, 0.5) is 0 Å². The highest BCUT2D eigenvalue weighted by atomic mass is 32.2. The van der Waals surface area contributed by atoms with E-state index in [2.05, 4.69) is 10.8 Å². The van der Waals surface area contributed by atoms with E-state index in [-0.39, 0.29) is 18.8 Å². The van der Waals surface area contributed by atoms with E-state index in [4.69, 9.17) is 4.74 Å². The molecule has 0 atom stereocenters. The normalized spacial score (nSPS) is 11.5. The Morgan fingerprint density at radius 3 is 2.61 bits per heavy atom. The molecule has 0 heterocycles. The maximum absolute atomic E-state index is 11.8. The number of hydrogen-bond acceptors (Lipinski definition) is 4. The summed E-state index contributed by atoms with van der Waals surface area (Å²) in [5.74, 6) is -0.740. The molecular weight excluding hydrogens is 314 g/mol. The Morgan fingerprint density at radius 1 is 1.13 bits per heavy atom. The molecule has 0 radical (unpaired) electrons. The summed E-state index contributed by atoms with van der Waals surface area (Å²) in [6.07, 6.45) is 0.475. The van der Waals surface area contributed by atoms with Gasteiger partial charge >= 0.3 is 5.97 Å². The van der Waals surface area contributed by atoms with E-state index in [1.807, 2.05) is 36.4 Å². The van der Waals surface area contributed by atoms with Crippen LogP contribution in [-0.4, -0.2) is 33.3 Å². The van der Waals surface area contributed by atoms with Crippen LogP contribution in [0, 0.1) is 0 Å². The number of sulfonamides is 1. The van der Waals surface area contributed by atoms with Crippen LogP contribution in [0.3, 0.4) is 0 Å². The van der Waals surface area contributed by atoms with Gasteiger partial charge in [0.15, 0.2) is 0 Å². The second kappa shape index (κ2) is 8.08. The summed E-state index contributed by atoms with van der Waals surface area (Å²) in [5.41, 5.74) is 1.07. The van der Waals surface area contributed by atoms with Crippen molar-refractivity contribution in [2.75, 3.05) is 18.9 Å². The molecule has 2 rings (SSSR count). The first-order valence-corrected chi connectivity index (χ1v) is 9.26. The lowest BCUT2D eigenvalue weighted by Gasteiger charge is -2.07. The fourth-order valence-corrected chi connectivity index (χ4v) is 3.26. The number of carbonyl (C=O) groups is 1. The number of fused-ring (bicyclic) bond motifs is 1. The Bertz CT molecular complexity index is 771. The maximum Gasteiger partial charge on any atom is 0.306 e. The first-order chi connectivity index (χ1) is 11.0. The largest absolute Gasteiger partial charge is 0.466 e. The summed E-state index contributed by atoms with van der Waals surface area (Å²) in [7, 11) is -3.46. The van der Waals surface area contributed by atoms with Gasteiger partial charge < -0.3 is 4.74 Å². The summed E-state index contributed by atoms with van der Waals surface area (Å²) >= 11 is 0. The molecule has 6 heteroatoms. The minimum absolute atomic E-state index is 0.126. The van der Waals surface area contributed by atoms with E-state index in [0.29, 0.717) is 13.0 Å². The van der Waals surface area contributed by atoms with E-state index < -0.39 is 16.0 Å². The quantitative estimate of drug-likeness (QED) is 0.751. The molecule has 0 unspecified atom stereocenters. The molecule has 23 heavy (non-hydrogen) atoms. The topological polar surface area (TPSA) is 72.5 Å². The predicted molar refractivity (Wildman–Crippen MR) is 90.7 cm³/mol. The fourth-order valence-electron chi connectivity index (χ4n) is 2.27. The van der Waals surface area contributed by atoms with Crippen LogP contribution >= 0.6 is 0 Å². The molecule has 0 spiro atoms. The molecule has 0 bridgehead atoms. The van der Waals surface area contributed by atoms with E-state index in [9.17, 15) is 13.2 Å². The van der Waals surface area contributed by atoms with Crippen LogP contribution in [0.5, 0.6) is 0 Å². The Morgan fingerprint density at radius 2 is 1.87 bits per heavy atom. The fraction of sp³-hybridized carbons (Fsp3) is 0.353. The highest BCUT2D eigenvalue weighted by molar-refractivity contribution is 7.89. The SMILES string of the molecule is CCOC(=O)CCS(=O)(=O)NCCc1ccc2ccccc2c1. The van der Waals surface area contributed by atoms with Crippen molar-refractivity contribution < 1.29 is 17.9 Å². The zero-order valence-corrected chi connectivity index (χ0v) is 13.9. The first kappa shape index (κ1) is 17.4. The molecular formula is C17H21NO4S. The number of ether oxygens (including phenoxy) is 1. The molecule has 0 fully saturated rings. The predicted octanol–water partition coefficient (Wildman–Crippen LogP) is 2.25. The van der Waals surface area contributed by atoms with Crippen molar-refractivity contribution in [3.8, 4) is 0 Å². The van der Waals surface area contributed by atoms with Gasteiger partial charge in [-0.15, -0.1) is 0 Å². The van der Waals surface area contributed by atoms with Crippen molar-refractivity contribution in [2.45, 2.75) is 19.8 Å². The molecule has 0 saturated carbocycles. The summed E-state index contributed by atoms with van der Waals surface area (Å²) in [6.45, 7) is 2.26. The minimum atomic E-state index is -3.46. The van der Waals surface area contributed by atoms with Gasteiger partial charge in [0.2, 0.25) is 10.0 Å². The third kappa shape index (κ3) is 5.65. The molecule has 0 saturated heterocycles. The van der Waals surface area contributed by atoms with Gasteiger partial charge in [-0.2, -0.15) is 0 Å². The molecule has 0 aliphatic carbocycles. The zero-order chi connectivity index (χ0) is 16.7. The maximum atomic E-state index is 11.8. The molecule has 0 amide bonds. The number of carbonyl (C=O) groups excluding carboxylic acids is 1. The second-order valence-corrected chi connectivity index (χ2v) is 7.13. The minimum Gasteiger partial charge on any atom is -0.466 e. The lowest BCUT2D eigenvalue weighted by molar-refractivity contribution is -0.142. The van der Waals surface area contributed by atoms with E-state index in [1.54, 1.807) is 6.92 Å². The van der Waals surface area contributed by atoms with Gasteiger partial charge in [-0.25, -0.2) is 13.1 Å². The van der Waals surface area contributed by atoms with Gasteiger partial charge in [-0.1, -0.05) is 42.5 Å². The van der Waals surface area contributed by atoms with Crippen molar-refractivity contribution in [3.05, 3.63) is 48.0 Å². The van der Waals surface area contributed by atoms with Crippen molar-refractivity contribution in [1.29, 1.82) is 0 Å². The Kier molecular flexibility index (Phi) is 6.12. The average molecular weight is 335 g/mol. The third-order valence-corrected chi connectivity index (χ3v) is 4.82. The highest BCUT2D eigenvalue weighted by Crippen LogP contribution is 2.15. The summed E-state index contributed by atoms with van der Waals surface area (Å²) < 4.78 is 30.9. The lowest BCUT2D eigenvalue weighted by Crippen LogP contribution is -2.29. The van der Waals surface area contributed by atoms with Crippen LogP contribution in [0.25, 0.3) is 10.8 Å². The summed E-state index contributed by atoms with van der Waals surface area (Å²) in [4.78, 5) is 11.2. The van der Waals surface area contributed by atoms with E-state index in [0.717, 1.165) is 16.3 Å². The Balaban J connectivity index is 1.84. The number of esters is 1. The molecule has 2 aromatic carbocycles. The average Bonchev–Trinajstić information content (AvgIpc) is 2.53. The standard InChI is InChI=1S/C17H21NO4S/c1-2-22-17(19)10-12-23(20,21)18-11-9-14-7-8-15-5-3-4-6-16(15)13-14/h3-8,13,18H,2,9-12H2,1H3. The van der Waals surface area contributed by atoms with Crippen LogP contribution in [0.1, 0.15) is 18.9 Å². The zero-order valence-electron chi connectivity index (χ0n) is 13.1. The van der Waals surface area contributed by atoms with Crippen LogP contribution < -0.4 is 4.72 Å². The van der Waals surface area contributed by atoms with Gasteiger partial charge in [0.05, 0.1) is 18.8 Å². The van der Waals surface area contributed by atoms with Crippen molar-refractivity contribution in [3.63, 3.8) is 0 Å². The molecule has 0 aliphatic heterocycles. The van der Waals surface area contributed by atoms with Gasteiger partial charge in [0.1, 0.15) is 0 Å². The van der Waals surface area contributed by atoms with E-state index >= 15 is 0 Å². The van der Waals surface area contributed by atoms with Crippen LogP contribution in [0.15, 0.2) is 42.5 Å². The second-order valence-electron chi connectivity index (χ2n) is 5.20. The third-order valence-electron chi connectivity index (χ3n) is 3.43. The van der Waals surface area contributed by atoms with E-state index in [1.165, 1.54) is 0 Å². The first-order valence-electron chi connectivity index (χ1n) is 7.61. The molecule has 1 N–H and O–H groups in total. The van der Waals surface area contributed by atoms with Gasteiger partial charge in [0.25, 0.3) is 0 Å². The van der Waals surface area contributed by atoms with Crippen molar-refractivity contribution in [1.82, 2.24) is 4.72 Å². The smallest absolute Gasteiger partial charge is 0.306 e. The summed E-state index contributed by atoms with van der Waals surface area (Å²) in [6, 6.07) is 14.1. The van der Waals surface area contributed by atoms with Gasteiger partial charge in [-0.05, 0) is 29.7 Å². The summed E-state index contributed by atoms with van der Waals surface area (Å²) in [5, 5.41) is 2.29. The molecule has 2 aromatic rings. The van der Waals surface area contributed by atoms with Crippen molar-refractivity contribution in [2.24, 2.45) is 0 Å². The number of rotatable bonds is 8. The molecule has 5 nitrogen and oxygen atoms in total. The Hall–Kier alpha value is -1.92. The molecule has 124 valence electrons. The Labute approximate surface area is 136 Å². The van der Waals surface area contributed by atoms with Gasteiger partial charge in [-0.3, -0.25) is 4.79 Å². The van der Waals surface area contributed by atoms with Gasteiger partial charge in [0, 0.05) is 6.54 Å². The number of nitrogens with one attached hydrogen (secondary N) is 1. The monoisotopic (exact) mass is 335 g/mol. The van der Waals surface area contributed by atoms with Crippen molar-refractivity contribution >= 4 is 26.8 Å². The lowest BCUT2D eigenvalue weighted by atomic mass is 10.1. The van der Waals surface area contributed by atoms with Crippen LogP contribution in [0.2, 0.25) is 0 Å². The highest BCUT2D eigenvalue weighted by Gasteiger charge is 2.13.